The van der Waals surface area contributed by atoms with Crippen molar-refractivity contribution < 1.29 is 8.42 Å². The Morgan fingerprint density at radius 1 is 1.32 bits per heavy atom. The molecule has 0 aliphatic carbocycles. The largest absolute Gasteiger partial charge is 0.349 e. The normalized spacial score (nSPS) is 11.4. The first-order chi connectivity index (χ1) is 9.13. The Bertz CT molecular complexity index is 625. The van der Waals surface area contributed by atoms with Crippen LogP contribution in [0.5, 0.6) is 0 Å². The second-order valence-corrected chi connectivity index (χ2v) is 5.37. The number of nitrogens with one attached hydrogen (secondary N) is 3. The molecule has 0 bridgehead atoms. The van der Waals surface area contributed by atoms with Gasteiger partial charge >= 0.3 is 0 Å². The van der Waals surface area contributed by atoms with Gasteiger partial charge in [-0.1, -0.05) is 0 Å². The van der Waals surface area contributed by atoms with Crippen molar-refractivity contribution in [3.05, 3.63) is 36.5 Å². The molecule has 0 saturated heterocycles. The van der Waals surface area contributed by atoms with E-state index in [1.807, 2.05) is 0 Å². The summed E-state index contributed by atoms with van der Waals surface area (Å²) in [6.07, 6.45) is 5.14. The molecule has 0 aliphatic rings. The van der Waals surface area contributed by atoms with Gasteiger partial charge in [-0.05, 0) is 12.1 Å². The molecule has 2 rings (SSSR count). The fourth-order valence-corrected chi connectivity index (χ4v) is 2.65. The summed E-state index contributed by atoms with van der Waals surface area (Å²) >= 11 is 0. The van der Waals surface area contributed by atoms with Crippen LogP contribution in [0.25, 0.3) is 0 Å². The highest BCUT2D eigenvalue weighted by atomic mass is 32.2. The number of anilines is 1. The summed E-state index contributed by atoms with van der Waals surface area (Å²) in [6.45, 7) is 0.219. The van der Waals surface area contributed by atoms with Gasteiger partial charge in [-0.2, -0.15) is 0 Å². The molecule has 2 aromatic rings. The van der Waals surface area contributed by atoms with Crippen LogP contribution < -0.4 is 16.0 Å². The van der Waals surface area contributed by atoms with Crippen molar-refractivity contribution in [1.82, 2.24) is 19.7 Å². The quantitative estimate of drug-likeness (QED) is 0.422. The predicted molar refractivity (Wildman–Crippen MR) is 69.5 cm³/mol. The van der Waals surface area contributed by atoms with Crippen LogP contribution in [0.1, 0.15) is 5.82 Å². The molecule has 0 aliphatic heterocycles. The smallest absolute Gasteiger partial charge is 0.260 e. The molecule has 0 saturated carbocycles. The zero-order valence-corrected chi connectivity index (χ0v) is 10.8. The summed E-state index contributed by atoms with van der Waals surface area (Å²) in [5.74, 6) is 5.97. The molecule has 0 radical (unpaired) electrons. The van der Waals surface area contributed by atoms with Gasteiger partial charge < -0.3 is 10.4 Å². The van der Waals surface area contributed by atoms with Crippen LogP contribution in [0.2, 0.25) is 0 Å². The SMILES string of the molecule is NNc1cccnc1S(=O)(=O)NCCc1ncc[nH]1. The number of nitrogen functional groups attached to an aromatic ring is 1. The monoisotopic (exact) mass is 282 g/mol. The highest BCUT2D eigenvalue weighted by molar-refractivity contribution is 7.89. The molecule has 102 valence electrons. The van der Waals surface area contributed by atoms with Gasteiger partial charge in [0.2, 0.25) is 0 Å². The van der Waals surface area contributed by atoms with Crippen molar-refractivity contribution in [2.75, 3.05) is 12.0 Å². The highest BCUT2D eigenvalue weighted by Gasteiger charge is 2.19. The molecule has 5 N–H and O–H groups in total. The molecule has 0 spiro atoms. The van der Waals surface area contributed by atoms with E-state index in [2.05, 4.69) is 25.1 Å². The zero-order valence-electron chi connectivity index (χ0n) is 10.00. The van der Waals surface area contributed by atoms with E-state index in [-0.39, 0.29) is 17.3 Å². The zero-order chi connectivity index (χ0) is 13.7. The lowest BCUT2D eigenvalue weighted by Crippen LogP contribution is -2.28. The van der Waals surface area contributed by atoms with Crippen LogP contribution >= 0.6 is 0 Å². The maximum Gasteiger partial charge on any atom is 0.260 e. The number of hydrazine groups is 1. The molecule has 9 heteroatoms. The highest BCUT2D eigenvalue weighted by Crippen LogP contribution is 2.15. The number of aromatic amines is 1. The minimum absolute atomic E-state index is 0.128. The lowest BCUT2D eigenvalue weighted by atomic mass is 10.4. The third-order valence-corrected chi connectivity index (χ3v) is 3.81. The first-order valence-electron chi connectivity index (χ1n) is 5.53. The second-order valence-electron chi connectivity index (χ2n) is 3.68. The van der Waals surface area contributed by atoms with Crippen LogP contribution in [-0.2, 0) is 16.4 Å². The summed E-state index contributed by atoms with van der Waals surface area (Å²) < 4.78 is 26.5. The standard InChI is InChI=1S/C10H14N6O2S/c11-16-8-2-1-4-14-10(8)19(17,18)15-5-3-9-12-6-7-13-9/h1-2,4,6-7,15-16H,3,5,11H2,(H,12,13). The molecule has 0 unspecified atom stereocenters. The number of aromatic nitrogens is 3. The molecule has 0 amide bonds. The number of nitrogens with zero attached hydrogens (tertiary/aromatic N) is 2. The number of hydrogen-bond acceptors (Lipinski definition) is 6. The third-order valence-electron chi connectivity index (χ3n) is 2.39. The summed E-state index contributed by atoms with van der Waals surface area (Å²) in [4.78, 5) is 10.7. The first-order valence-corrected chi connectivity index (χ1v) is 7.01. The van der Waals surface area contributed by atoms with Gasteiger partial charge in [0.05, 0.1) is 5.69 Å². The van der Waals surface area contributed by atoms with Crippen molar-refractivity contribution in [3.63, 3.8) is 0 Å². The molecular formula is C10H14N6O2S. The second kappa shape index (κ2) is 5.78. The Morgan fingerprint density at radius 2 is 2.16 bits per heavy atom. The lowest BCUT2D eigenvalue weighted by molar-refractivity contribution is 0.577. The molecule has 0 aromatic carbocycles. The van der Waals surface area contributed by atoms with E-state index in [4.69, 9.17) is 5.84 Å². The van der Waals surface area contributed by atoms with Gasteiger partial charge in [0.15, 0.2) is 5.03 Å². The number of sulfonamides is 1. The van der Waals surface area contributed by atoms with Crippen molar-refractivity contribution in [1.29, 1.82) is 0 Å². The van der Waals surface area contributed by atoms with Crippen LogP contribution in [0.15, 0.2) is 35.7 Å². The maximum absolute atomic E-state index is 12.0. The third kappa shape index (κ3) is 3.28. The number of nitrogens with two attached hydrogens (primary N) is 1. The summed E-state index contributed by atoms with van der Waals surface area (Å²) in [5, 5.41) is -0.128. The summed E-state index contributed by atoms with van der Waals surface area (Å²) in [6, 6.07) is 3.13. The van der Waals surface area contributed by atoms with E-state index in [0.717, 1.165) is 0 Å². The van der Waals surface area contributed by atoms with Crippen molar-refractivity contribution in [2.24, 2.45) is 5.84 Å². The van der Waals surface area contributed by atoms with Crippen LogP contribution in [0.4, 0.5) is 5.69 Å². The number of imidazole rings is 1. The Hall–Kier alpha value is -1.97. The number of pyridine rings is 1. The fraction of sp³-hybridized carbons (Fsp3) is 0.200. The molecule has 0 fully saturated rings. The minimum Gasteiger partial charge on any atom is -0.349 e. The van der Waals surface area contributed by atoms with Gasteiger partial charge in [0, 0.05) is 31.6 Å². The van der Waals surface area contributed by atoms with Crippen LogP contribution in [0.3, 0.4) is 0 Å². The van der Waals surface area contributed by atoms with E-state index in [1.165, 1.54) is 12.3 Å². The van der Waals surface area contributed by atoms with Crippen molar-refractivity contribution in [2.45, 2.75) is 11.4 Å². The Balaban J connectivity index is 2.05. The lowest BCUT2D eigenvalue weighted by Gasteiger charge is -2.09. The average molecular weight is 282 g/mol. The fourth-order valence-electron chi connectivity index (χ4n) is 1.52. The summed E-state index contributed by atoms with van der Waals surface area (Å²) in [5.41, 5.74) is 2.55. The van der Waals surface area contributed by atoms with Gasteiger partial charge in [0.1, 0.15) is 5.82 Å². The Morgan fingerprint density at radius 3 is 2.84 bits per heavy atom. The Labute approximate surface area is 110 Å². The van der Waals surface area contributed by atoms with Gasteiger partial charge in [-0.3, -0.25) is 5.84 Å². The Kier molecular flexibility index (Phi) is 4.10. The van der Waals surface area contributed by atoms with Crippen molar-refractivity contribution >= 4 is 15.7 Å². The maximum atomic E-state index is 12.0. The molecule has 19 heavy (non-hydrogen) atoms. The van der Waals surface area contributed by atoms with E-state index in [9.17, 15) is 8.42 Å². The predicted octanol–water partition coefficient (Wildman–Crippen LogP) is -0.389. The number of rotatable bonds is 6. The number of hydrogen-bond donors (Lipinski definition) is 4. The summed E-state index contributed by atoms with van der Waals surface area (Å²) in [7, 11) is -3.70. The molecule has 8 nitrogen and oxygen atoms in total. The topological polar surface area (TPSA) is 126 Å². The van der Waals surface area contributed by atoms with Gasteiger partial charge in [-0.15, -0.1) is 0 Å². The molecule has 2 heterocycles. The molecular weight excluding hydrogens is 268 g/mol. The number of H-pyrrole nitrogens is 1. The van der Waals surface area contributed by atoms with E-state index in [1.54, 1.807) is 18.5 Å². The molecule has 2 aromatic heterocycles. The van der Waals surface area contributed by atoms with E-state index in [0.29, 0.717) is 12.2 Å². The van der Waals surface area contributed by atoms with E-state index < -0.39 is 10.0 Å². The minimum atomic E-state index is -3.70. The first kappa shape index (κ1) is 13.5. The van der Waals surface area contributed by atoms with E-state index >= 15 is 0 Å². The van der Waals surface area contributed by atoms with Gasteiger partial charge in [-0.25, -0.2) is 23.1 Å². The average Bonchev–Trinajstić information content (AvgIpc) is 2.91. The van der Waals surface area contributed by atoms with Crippen LogP contribution in [-0.4, -0.2) is 29.9 Å². The van der Waals surface area contributed by atoms with Gasteiger partial charge in [0.25, 0.3) is 10.0 Å². The molecule has 0 atom stereocenters. The van der Waals surface area contributed by atoms with Crippen LogP contribution in [0, 0.1) is 0 Å². The van der Waals surface area contributed by atoms with Crippen molar-refractivity contribution in [3.8, 4) is 0 Å².